The quantitative estimate of drug-likeness (QED) is 0.925. The third-order valence-electron chi connectivity index (χ3n) is 2.42. The summed E-state index contributed by atoms with van der Waals surface area (Å²) in [5.41, 5.74) is 2.35. The van der Waals surface area contributed by atoms with Crippen LogP contribution in [-0.2, 0) is 0 Å². The molecule has 0 spiro atoms. The Hall–Kier alpha value is -0.980. The fourth-order valence-electron chi connectivity index (χ4n) is 1.47. The molecule has 1 aromatic carbocycles. The summed E-state index contributed by atoms with van der Waals surface area (Å²) in [6, 6.07) is 5.06. The maximum Gasteiger partial charge on any atom is 0.178 e. The summed E-state index contributed by atoms with van der Waals surface area (Å²) in [5, 5.41) is 10.8. The summed E-state index contributed by atoms with van der Waals surface area (Å²) in [6.07, 6.45) is 0. The average molecular weight is 269 g/mol. The highest BCUT2D eigenvalue weighted by Crippen LogP contribution is 2.35. The van der Waals surface area contributed by atoms with E-state index in [4.69, 9.17) is 0 Å². The first-order chi connectivity index (χ1) is 8.22. The molecule has 1 heterocycles. The fourth-order valence-corrected chi connectivity index (χ4v) is 3.15. The van der Waals surface area contributed by atoms with Crippen molar-refractivity contribution in [1.82, 2.24) is 15.5 Å². The van der Waals surface area contributed by atoms with Crippen molar-refractivity contribution in [1.29, 1.82) is 0 Å². The Bertz CT molecular complexity index is 487. The van der Waals surface area contributed by atoms with Gasteiger partial charge >= 0.3 is 0 Å². The van der Waals surface area contributed by atoms with Gasteiger partial charge < -0.3 is 5.32 Å². The number of halogens is 1. The molecule has 0 radical (unpaired) electrons. The molecule has 0 bridgehead atoms. The Morgan fingerprint density at radius 3 is 2.94 bits per heavy atom. The zero-order valence-corrected chi connectivity index (χ0v) is 11.1. The van der Waals surface area contributed by atoms with Crippen molar-refractivity contribution in [3.8, 4) is 0 Å². The van der Waals surface area contributed by atoms with Gasteiger partial charge in [-0.05, 0) is 26.1 Å². The average Bonchev–Trinajstić information content (AvgIpc) is 2.81. The third kappa shape index (κ3) is 2.83. The van der Waals surface area contributed by atoms with E-state index in [-0.39, 0.29) is 11.9 Å². The minimum Gasteiger partial charge on any atom is -0.313 e. The lowest BCUT2D eigenvalue weighted by atomic mass is 10.1. The van der Waals surface area contributed by atoms with Crippen molar-refractivity contribution in [2.75, 3.05) is 7.05 Å². The Balaban J connectivity index is 2.36. The number of benzene rings is 1. The molecule has 2 rings (SSSR count). The second-order valence-electron chi connectivity index (χ2n) is 3.47. The molecule has 1 N–H and O–H groups in total. The molecule has 6 heteroatoms. The van der Waals surface area contributed by atoms with Gasteiger partial charge in [0.1, 0.15) is 11.3 Å². The van der Waals surface area contributed by atoms with E-state index in [1.807, 2.05) is 20.0 Å². The smallest absolute Gasteiger partial charge is 0.178 e. The molecule has 0 amide bonds. The van der Waals surface area contributed by atoms with E-state index in [1.54, 1.807) is 11.6 Å². The zero-order chi connectivity index (χ0) is 12.3. The van der Waals surface area contributed by atoms with Gasteiger partial charge in [-0.1, -0.05) is 29.2 Å². The molecule has 0 aliphatic rings. The van der Waals surface area contributed by atoms with Crippen LogP contribution >= 0.6 is 23.1 Å². The van der Waals surface area contributed by atoms with Crippen LogP contribution in [0.3, 0.4) is 0 Å². The maximum atomic E-state index is 13.8. The lowest BCUT2D eigenvalue weighted by Gasteiger charge is -2.15. The summed E-state index contributed by atoms with van der Waals surface area (Å²) in [6.45, 7) is 1.93. The van der Waals surface area contributed by atoms with Crippen LogP contribution in [0.25, 0.3) is 0 Å². The summed E-state index contributed by atoms with van der Waals surface area (Å²) >= 11 is 2.89. The molecule has 1 unspecified atom stereocenters. The van der Waals surface area contributed by atoms with Gasteiger partial charge in [0.2, 0.25) is 0 Å². The van der Waals surface area contributed by atoms with Crippen molar-refractivity contribution < 1.29 is 4.39 Å². The van der Waals surface area contributed by atoms with Crippen LogP contribution in [0.5, 0.6) is 0 Å². The van der Waals surface area contributed by atoms with E-state index >= 15 is 0 Å². The van der Waals surface area contributed by atoms with E-state index in [2.05, 4.69) is 15.5 Å². The first-order valence-corrected chi connectivity index (χ1v) is 6.81. The largest absolute Gasteiger partial charge is 0.313 e. The van der Waals surface area contributed by atoms with Gasteiger partial charge in [-0.25, -0.2) is 4.39 Å². The predicted molar refractivity (Wildman–Crippen MR) is 67.9 cm³/mol. The molecule has 2 aromatic rings. The van der Waals surface area contributed by atoms with Gasteiger partial charge in [0.25, 0.3) is 0 Å². The SMILES string of the molecule is CNC(C)c1c(F)cccc1Sc1nncs1. The molecule has 0 saturated carbocycles. The molecule has 0 saturated heterocycles. The minimum atomic E-state index is -0.193. The lowest BCUT2D eigenvalue weighted by Crippen LogP contribution is -2.14. The van der Waals surface area contributed by atoms with Gasteiger partial charge in [-0.3, -0.25) is 0 Å². The molecule has 0 aliphatic carbocycles. The fraction of sp³-hybridized carbons (Fsp3) is 0.273. The Labute approximate surface area is 107 Å². The van der Waals surface area contributed by atoms with E-state index < -0.39 is 0 Å². The highest BCUT2D eigenvalue weighted by atomic mass is 32.2. The second-order valence-corrected chi connectivity index (χ2v) is 5.59. The molecule has 3 nitrogen and oxygen atoms in total. The van der Waals surface area contributed by atoms with Crippen LogP contribution in [0, 0.1) is 5.82 Å². The van der Waals surface area contributed by atoms with E-state index in [9.17, 15) is 4.39 Å². The van der Waals surface area contributed by atoms with Crippen molar-refractivity contribution in [2.45, 2.75) is 22.2 Å². The van der Waals surface area contributed by atoms with Crippen molar-refractivity contribution in [3.63, 3.8) is 0 Å². The molecule has 1 atom stereocenters. The summed E-state index contributed by atoms with van der Waals surface area (Å²) < 4.78 is 14.6. The number of nitrogens with zero attached hydrogens (tertiary/aromatic N) is 2. The molecular formula is C11H12FN3S2. The molecule has 17 heavy (non-hydrogen) atoms. The minimum absolute atomic E-state index is 0.0355. The number of rotatable bonds is 4. The monoisotopic (exact) mass is 269 g/mol. The van der Waals surface area contributed by atoms with E-state index in [0.29, 0.717) is 5.56 Å². The van der Waals surface area contributed by atoms with Crippen LogP contribution < -0.4 is 5.32 Å². The summed E-state index contributed by atoms with van der Waals surface area (Å²) in [4.78, 5) is 0.878. The first-order valence-electron chi connectivity index (χ1n) is 5.12. The van der Waals surface area contributed by atoms with Gasteiger partial charge in [-0.15, -0.1) is 10.2 Å². The number of hydrogen-bond donors (Lipinski definition) is 1. The maximum absolute atomic E-state index is 13.8. The highest BCUT2D eigenvalue weighted by Gasteiger charge is 2.15. The van der Waals surface area contributed by atoms with Crippen molar-refractivity contribution in [2.24, 2.45) is 0 Å². The van der Waals surface area contributed by atoms with Crippen LogP contribution in [-0.4, -0.2) is 17.2 Å². The molecule has 0 aliphatic heterocycles. The number of hydrogen-bond acceptors (Lipinski definition) is 5. The van der Waals surface area contributed by atoms with Gasteiger partial charge in [0.15, 0.2) is 4.34 Å². The van der Waals surface area contributed by atoms with Gasteiger partial charge in [0.05, 0.1) is 0 Å². The first kappa shape index (κ1) is 12.5. The second kappa shape index (κ2) is 5.57. The molecule has 0 fully saturated rings. The van der Waals surface area contributed by atoms with Crippen LogP contribution in [0.4, 0.5) is 4.39 Å². The Morgan fingerprint density at radius 2 is 2.29 bits per heavy atom. The summed E-state index contributed by atoms with van der Waals surface area (Å²) in [7, 11) is 1.82. The van der Waals surface area contributed by atoms with Gasteiger partial charge in [0, 0.05) is 16.5 Å². The topological polar surface area (TPSA) is 37.8 Å². The normalized spacial score (nSPS) is 12.6. The third-order valence-corrected chi connectivity index (χ3v) is 4.27. The standard InChI is InChI=1S/C11H12FN3S2/c1-7(13-2)10-8(12)4-3-5-9(10)17-11-15-14-6-16-11/h3-7,13H,1-2H3. The number of aromatic nitrogens is 2. The van der Waals surface area contributed by atoms with Crippen LogP contribution in [0.1, 0.15) is 18.5 Å². The lowest BCUT2D eigenvalue weighted by molar-refractivity contribution is 0.552. The van der Waals surface area contributed by atoms with Crippen molar-refractivity contribution in [3.05, 3.63) is 35.1 Å². The Kier molecular flexibility index (Phi) is 4.09. The number of nitrogens with one attached hydrogen (secondary N) is 1. The van der Waals surface area contributed by atoms with Crippen LogP contribution in [0.15, 0.2) is 32.9 Å². The highest BCUT2D eigenvalue weighted by molar-refractivity contribution is 8.01. The Morgan fingerprint density at radius 1 is 1.47 bits per heavy atom. The van der Waals surface area contributed by atoms with Gasteiger partial charge in [-0.2, -0.15) is 0 Å². The zero-order valence-electron chi connectivity index (χ0n) is 9.48. The summed E-state index contributed by atoms with van der Waals surface area (Å²) in [5.74, 6) is -0.193. The molecular weight excluding hydrogens is 257 g/mol. The predicted octanol–water partition coefficient (Wildman–Crippen LogP) is 3.11. The van der Waals surface area contributed by atoms with Crippen LogP contribution in [0.2, 0.25) is 0 Å². The molecule has 1 aromatic heterocycles. The molecule has 90 valence electrons. The van der Waals surface area contributed by atoms with Crippen molar-refractivity contribution >= 4 is 23.1 Å². The van der Waals surface area contributed by atoms with E-state index in [1.165, 1.54) is 29.2 Å². The van der Waals surface area contributed by atoms with E-state index in [0.717, 1.165) is 9.24 Å².